The van der Waals surface area contributed by atoms with Crippen molar-refractivity contribution in [1.82, 2.24) is 31.0 Å². The first-order chi connectivity index (χ1) is 31.4. The Hall–Kier alpha value is -6.66. The van der Waals surface area contributed by atoms with E-state index in [1.807, 2.05) is 90.1 Å². The number of benzene rings is 3. The molecule has 6 N–H and O–H groups in total. The summed E-state index contributed by atoms with van der Waals surface area (Å²) in [4.78, 5) is 76.1. The summed E-state index contributed by atoms with van der Waals surface area (Å²) in [5.41, 5.74) is 3.42. The number of likely N-dealkylation sites (tertiary alicyclic amines) is 1. The van der Waals surface area contributed by atoms with Crippen molar-refractivity contribution < 1.29 is 56.5 Å². The van der Waals surface area contributed by atoms with E-state index in [1.165, 1.54) is 0 Å². The molecule has 19 heteroatoms. The van der Waals surface area contributed by atoms with Crippen LogP contribution in [-0.4, -0.2) is 105 Å². The lowest BCUT2D eigenvalue weighted by atomic mass is 9.81. The van der Waals surface area contributed by atoms with E-state index in [0.29, 0.717) is 56.6 Å². The van der Waals surface area contributed by atoms with Crippen LogP contribution < -0.4 is 21.3 Å². The zero-order valence-electron chi connectivity index (χ0n) is 38.6. The van der Waals surface area contributed by atoms with Crippen molar-refractivity contribution in [3.63, 3.8) is 0 Å². The van der Waals surface area contributed by atoms with Gasteiger partial charge in [0.15, 0.2) is 0 Å². The SMILES string of the molecule is CC(C)(C)OC(=O)NCC1CCC(C(=O)N[C@@H](Cc2cccc(-c3ccc(C(=O)NC4CCN(C(=O)OC(C)(C)C)CC4)cc3)c2)C(=O)Nc2ccc3cn[nH]c3c2)CC1.O=C(O)C(F)(F)F. The van der Waals surface area contributed by atoms with E-state index >= 15 is 0 Å². The van der Waals surface area contributed by atoms with Gasteiger partial charge in [0.2, 0.25) is 11.8 Å². The molecule has 0 unspecified atom stereocenters. The first kappa shape index (κ1) is 51.3. The molecule has 362 valence electrons. The summed E-state index contributed by atoms with van der Waals surface area (Å²) in [7, 11) is 0. The first-order valence-electron chi connectivity index (χ1n) is 22.2. The normalized spacial score (nSPS) is 17.2. The summed E-state index contributed by atoms with van der Waals surface area (Å²) < 4.78 is 42.6. The van der Waals surface area contributed by atoms with Gasteiger partial charge in [-0.1, -0.05) is 36.4 Å². The highest BCUT2D eigenvalue weighted by Gasteiger charge is 2.38. The molecule has 0 bridgehead atoms. The fourth-order valence-corrected chi connectivity index (χ4v) is 7.64. The number of piperidine rings is 1. The Morgan fingerprint density at radius 2 is 1.46 bits per heavy atom. The fourth-order valence-electron chi connectivity index (χ4n) is 7.64. The number of aliphatic carboxylic acids is 1. The molecule has 1 saturated carbocycles. The minimum atomic E-state index is -5.08. The molecule has 16 nitrogen and oxygen atoms in total. The Morgan fingerprint density at radius 1 is 0.821 bits per heavy atom. The molecule has 1 aliphatic carbocycles. The minimum Gasteiger partial charge on any atom is -0.475 e. The molecule has 1 saturated heterocycles. The Labute approximate surface area is 387 Å². The maximum Gasteiger partial charge on any atom is 0.490 e. The number of anilines is 1. The summed E-state index contributed by atoms with van der Waals surface area (Å²) in [5.74, 6) is -3.46. The van der Waals surface area contributed by atoms with Crippen molar-refractivity contribution >= 4 is 52.5 Å². The summed E-state index contributed by atoms with van der Waals surface area (Å²) in [5, 5.41) is 27.1. The number of hydrogen-bond donors (Lipinski definition) is 6. The maximum absolute atomic E-state index is 13.9. The van der Waals surface area contributed by atoms with Crippen LogP contribution in [0.3, 0.4) is 0 Å². The molecule has 4 aromatic rings. The molecular formula is C48H60F3N7O9. The van der Waals surface area contributed by atoms with Gasteiger partial charge in [-0.05, 0) is 133 Å². The number of carboxylic acids is 1. The van der Waals surface area contributed by atoms with Crippen molar-refractivity contribution in [2.75, 3.05) is 25.0 Å². The second-order valence-electron chi connectivity index (χ2n) is 18.8. The number of nitrogens with zero attached hydrogens (tertiary/aromatic N) is 2. The number of aromatic nitrogens is 2. The number of carbonyl (C=O) groups is 6. The lowest BCUT2D eigenvalue weighted by molar-refractivity contribution is -0.192. The molecule has 2 aliphatic rings. The quantitative estimate of drug-likeness (QED) is 0.0851. The fraction of sp³-hybridized carbons (Fsp3) is 0.479. The molecule has 1 atom stereocenters. The van der Waals surface area contributed by atoms with E-state index < -0.39 is 35.5 Å². The van der Waals surface area contributed by atoms with Gasteiger partial charge < -0.3 is 40.7 Å². The van der Waals surface area contributed by atoms with Gasteiger partial charge in [0.25, 0.3) is 5.91 Å². The van der Waals surface area contributed by atoms with E-state index in [1.54, 1.807) is 29.3 Å². The third-order valence-electron chi connectivity index (χ3n) is 11.1. The molecule has 5 amide bonds. The number of carbonyl (C=O) groups excluding carboxylic acids is 5. The van der Waals surface area contributed by atoms with Gasteiger partial charge in [-0.3, -0.25) is 19.5 Å². The standard InChI is InChI=1S/C46H59N7O7.C2HF3O2/c1-45(2,3)59-43(57)47-27-29-10-12-32(13-11-29)41(55)51-39(42(56)50-37-19-18-35-28-48-52-38(35)26-37)25-30-8-7-9-34(24-30)31-14-16-33(17-15-31)40(54)49-36-20-22-53(23-21-36)44(58)60-46(4,5)6;3-2(4,5)1(6)7/h7-9,14-19,24,26,28-29,32,36,39H,10-13,20-23,25,27H2,1-6H3,(H,47,57)(H,48,52)(H,49,54)(H,50,56)(H,51,55);(H,6,7)/t29?,32?,39-;/m0./s1. The van der Waals surface area contributed by atoms with E-state index in [-0.39, 0.29) is 48.1 Å². The number of rotatable bonds is 11. The number of alkyl carbamates (subject to hydrolysis) is 1. The van der Waals surface area contributed by atoms with Crippen molar-refractivity contribution in [3.8, 4) is 11.1 Å². The van der Waals surface area contributed by atoms with E-state index in [4.69, 9.17) is 19.4 Å². The maximum atomic E-state index is 13.9. The Morgan fingerprint density at radius 3 is 2.07 bits per heavy atom. The average Bonchev–Trinajstić information content (AvgIpc) is 3.73. The lowest BCUT2D eigenvalue weighted by Gasteiger charge is -2.33. The number of hydrogen-bond acceptors (Lipinski definition) is 9. The van der Waals surface area contributed by atoms with E-state index in [9.17, 15) is 37.1 Å². The number of ether oxygens (including phenoxy) is 2. The molecule has 3 aromatic carbocycles. The molecule has 67 heavy (non-hydrogen) atoms. The van der Waals surface area contributed by atoms with Crippen LogP contribution in [0.4, 0.5) is 28.4 Å². The molecule has 6 rings (SSSR count). The van der Waals surface area contributed by atoms with Crippen LogP contribution in [0.1, 0.15) is 96.0 Å². The summed E-state index contributed by atoms with van der Waals surface area (Å²) in [6.45, 7) is 12.5. The van der Waals surface area contributed by atoms with Gasteiger partial charge in [0.1, 0.15) is 17.2 Å². The number of carboxylic acid groups (broad SMARTS) is 1. The third kappa shape index (κ3) is 16.3. The van der Waals surface area contributed by atoms with Crippen LogP contribution in [0.5, 0.6) is 0 Å². The van der Waals surface area contributed by atoms with Crippen molar-refractivity contribution in [2.24, 2.45) is 11.8 Å². The molecule has 1 aromatic heterocycles. The number of halogens is 3. The number of amides is 5. The Kier molecular flexibility index (Phi) is 17.0. The molecule has 1 aliphatic heterocycles. The van der Waals surface area contributed by atoms with Crippen LogP contribution in [0, 0.1) is 11.8 Å². The third-order valence-corrected chi connectivity index (χ3v) is 11.1. The van der Waals surface area contributed by atoms with Crippen LogP contribution in [0.2, 0.25) is 0 Å². The largest absolute Gasteiger partial charge is 0.490 e. The zero-order chi connectivity index (χ0) is 49.1. The average molecular weight is 936 g/mol. The topological polar surface area (TPSA) is 221 Å². The second-order valence-corrected chi connectivity index (χ2v) is 18.8. The predicted octanol–water partition coefficient (Wildman–Crippen LogP) is 7.99. The molecular weight excluding hydrogens is 876 g/mol. The first-order valence-corrected chi connectivity index (χ1v) is 22.2. The number of alkyl halides is 3. The zero-order valence-corrected chi connectivity index (χ0v) is 38.6. The van der Waals surface area contributed by atoms with Crippen LogP contribution in [0.15, 0.2) is 72.9 Å². The van der Waals surface area contributed by atoms with E-state index in [0.717, 1.165) is 40.4 Å². The molecule has 0 radical (unpaired) electrons. The van der Waals surface area contributed by atoms with Crippen LogP contribution >= 0.6 is 0 Å². The van der Waals surface area contributed by atoms with Gasteiger partial charge in [-0.15, -0.1) is 0 Å². The lowest BCUT2D eigenvalue weighted by Crippen LogP contribution is -2.48. The van der Waals surface area contributed by atoms with Gasteiger partial charge >= 0.3 is 24.3 Å². The minimum absolute atomic E-state index is 0.0466. The Balaban J connectivity index is 0.00000111. The number of nitrogens with one attached hydrogen (secondary N) is 5. The number of H-pyrrole nitrogens is 1. The highest BCUT2D eigenvalue weighted by Crippen LogP contribution is 2.30. The Bertz CT molecular complexity index is 2360. The predicted molar refractivity (Wildman–Crippen MR) is 244 cm³/mol. The number of aromatic amines is 1. The number of fused-ring (bicyclic) bond motifs is 1. The van der Waals surface area contributed by atoms with Crippen molar-refractivity contribution in [2.45, 2.75) is 116 Å². The van der Waals surface area contributed by atoms with Gasteiger partial charge in [0, 0.05) is 54.7 Å². The molecule has 2 heterocycles. The van der Waals surface area contributed by atoms with Crippen molar-refractivity contribution in [1.29, 1.82) is 0 Å². The van der Waals surface area contributed by atoms with Crippen molar-refractivity contribution in [3.05, 3.63) is 84.1 Å². The highest BCUT2D eigenvalue weighted by molar-refractivity contribution is 5.99. The summed E-state index contributed by atoms with van der Waals surface area (Å²) in [6.07, 6.45) is 0.221. The second kappa shape index (κ2) is 22.2. The molecule has 2 fully saturated rings. The van der Waals surface area contributed by atoms with E-state index in [2.05, 4.69) is 31.5 Å². The van der Waals surface area contributed by atoms with Gasteiger partial charge in [0.05, 0.1) is 11.7 Å². The van der Waals surface area contributed by atoms with Gasteiger partial charge in [-0.2, -0.15) is 18.3 Å². The smallest absolute Gasteiger partial charge is 0.475 e. The van der Waals surface area contributed by atoms with Crippen LogP contribution in [0.25, 0.3) is 22.0 Å². The highest BCUT2D eigenvalue weighted by atomic mass is 19.4. The summed E-state index contributed by atoms with van der Waals surface area (Å²) >= 11 is 0. The monoisotopic (exact) mass is 935 g/mol. The summed E-state index contributed by atoms with van der Waals surface area (Å²) in [6, 6.07) is 19.8. The van der Waals surface area contributed by atoms with Crippen LogP contribution in [-0.2, 0) is 30.3 Å². The van der Waals surface area contributed by atoms with Gasteiger partial charge in [-0.25, -0.2) is 14.4 Å². The molecule has 0 spiro atoms.